The van der Waals surface area contributed by atoms with Crippen LogP contribution in [0.3, 0.4) is 0 Å². The van der Waals surface area contributed by atoms with Crippen LogP contribution < -0.4 is 0 Å². The molecule has 1 aromatic carbocycles. The van der Waals surface area contributed by atoms with Crippen LogP contribution in [0.15, 0.2) is 23.1 Å². The Bertz CT molecular complexity index is 717. The van der Waals surface area contributed by atoms with Crippen molar-refractivity contribution < 1.29 is 8.42 Å². The summed E-state index contributed by atoms with van der Waals surface area (Å²) in [6.07, 6.45) is 0. The van der Waals surface area contributed by atoms with Gasteiger partial charge in [0.2, 0.25) is 0 Å². The molecule has 0 amide bonds. The monoisotopic (exact) mass is 279 g/mol. The van der Waals surface area contributed by atoms with Crippen LogP contribution in [0.4, 0.5) is 0 Å². The Kier molecular flexibility index (Phi) is 3.45. The number of rotatable bonds is 3. The van der Waals surface area contributed by atoms with Crippen LogP contribution in [0, 0.1) is 20.8 Å². The normalized spacial score (nSPS) is 11.8. The first-order chi connectivity index (χ1) is 8.81. The van der Waals surface area contributed by atoms with E-state index in [1.54, 1.807) is 30.7 Å². The van der Waals surface area contributed by atoms with Gasteiger partial charge in [-0.3, -0.25) is 0 Å². The number of nitrogens with zero attached hydrogens (tertiary/aromatic N) is 3. The molecule has 6 heteroatoms. The molecule has 2 rings (SSSR count). The highest BCUT2D eigenvalue weighted by Gasteiger charge is 2.19. The van der Waals surface area contributed by atoms with Gasteiger partial charge in [0.1, 0.15) is 17.4 Å². The second-order valence-corrected chi connectivity index (χ2v) is 6.72. The van der Waals surface area contributed by atoms with Gasteiger partial charge >= 0.3 is 0 Å². The zero-order valence-electron chi connectivity index (χ0n) is 11.5. The van der Waals surface area contributed by atoms with E-state index in [2.05, 4.69) is 10.2 Å². The molecule has 0 radical (unpaired) electrons. The molecular formula is C13H17N3O2S. The molecule has 0 fully saturated rings. The van der Waals surface area contributed by atoms with Crippen molar-refractivity contribution in [2.75, 3.05) is 0 Å². The van der Waals surface area contributed by atoms with E-state index in [0.29, 0.717) is 16.5 Å². The highest BCUT2D eigenvalue weighted by Crippen LogP contribution is 2.18. The molecule has 0 bridgehead atoms. The maximum absolute atomic E-state index is 12.3. The lowest BCUT2D eigenvalue weighted by Crippen LogP contribution is -2.10. The standard InChI is InChI=1S/C13H17N3O2S/c1-9-5-6-12(7-10(9)2)19(17,18)8-13-15-14-11(3)16(13)4/h5-7H,8H2,1-4H3. The summed E-state index contributed by atoms with van der Waals surface area (Å²) >= 11 is 0. The second-order valence-electron chi connectivity index (χ2n) is 4.73. The molecule has 102 valence electrons. The molecule has 0 saturated heterocycles. The Morgan fingerprint density at radius 2 is 1.79 bits per heavy atom. The predicted octanol–water partition coefficient (Wildman–Crippen LogP) is 1.71. The first-order valence-electron chi connectivity index (χ1n) is 5.96. The molecule has 0 saturated carbocycles. The third-order valence-corrected chi connectivity index (χ3v) is 4.95. The van der Waals surface area contributed by atoms with Gasteiger partial charge < -0.3 is 4.57 Å². The van der Waals surface area contributed by atoms with Gasteiger partial charge in [-0.2, -0.15) is 0 Å². The fourth-order valence-electron chi connectivity index (χ4n) is 1.74. The van der Waals surface area contributed by atoms with E-state index >= 15 is 0 Å². The number of sulfone groups is 1. The van der Waals surface area contributed by atoms with Crippen molar-refractivity contribution >= 4 is 9.84 Å². The van der Waals surface area contributed by atoms with Crippen LogP contribution >= 0.6 is 0 Å². The van der Waals surface area contributed by atoms with E-state index in [0.717, 1.165) is 11.1 Å². The summed E-state index contributed by atoms with van der Waals surface area (Å²) in [4.78, 5) is 0.330. The first kappa shape index (κ1) is 13.7. The Morgan fingerprint density at radius 1 is 1.11 bits per heavy atom. The van der Waals surface area contributed by atoms with Gasteiger partial charge in [0, 0.05) is 7.05 Å². The van der Waals surface area contributed by atoms with Crippen LogP contribution in [0.25, 0.3) is 0 Å². The minimum Gasteiger partial charge on any atom is -0.317 e. The van der Waals surface area contributed by atoms with E-state index < -0.39 is 9.84 Å². The van der Waals surface area contributed by atoms with E-state index in [4.69, 9.17) is 0 Å². The van der Waals surface area contributed by atoms with Crippen molar-refractivity contribution in [1.29, 1.82) is 0 Å². The van der Waals surface area contributed by atoms with Gasteiger partial charge in [0.05, 0.1) is 4.90 Å². The van der Waals surface area contributed by atoms with E-state index in [-0.39, 0.29) is 5.75 Å². The highest BCUT2D eigenvalue weighted by atomic mass is 32.2. The molecular weight excluding hydrogens is 262 g/mol. The smallest absolute Gasteiger partial charge is 0.185 e. The Balaban J connectivity index is 2.37. The van der Waals surface area contributed by atoms with Gasteiger partial charge in [-0.15, -0.1) is 10.2 Å². The molecule has 5 nitrogen and oxygen atoms in total. The van der Waals surface area contributed by atoms with E-state index in [9.17, 15) is 8.42 Å². The van der Waals surface area contributed by atoms with Gasteiger partial charge in [-0.25, -0.2) is 8.42 Å². The summed E-state index contributed by atoms with van der Waals surface area (Å²) < 4.78 is 26.4. The Hall–Kier alpha value is -1.69. The fraction of sp³-hybridized carbons (Fsp3) is 0.385. The molecule has 0 unspecified atom stereocenters. The Morgan fingerprint density at radius 3 is 2.32 bits per heavy atom. The van der Waals surface area contributed by atoms with Gasteiger partial charge in [-0.05, 0) is 44.0 Å². The number of aromatic nitrogens is 3. The minimum absolute atomic E-state index is 0.132. The van der Waals surface area contributed by atoms with Crippen LogP contribution in [-0.2, 0) is 22.6 Å². The lowest BCUT2D eigenvalue weighted by molar-refractivity contribution is 0.592. The number of hydrogen-bond acceptors (Lipinski definition) is 4. The SMILES string of the molecule is Cc1ccc(S(=O)(=O)Cc2nnc(C)n2C)cc1C. The van der Waals surface area contributed by atoms with Crippen LogP contribution in [-0.4, -0.2) is 23.2 Å². The molecule has 0 aliphatic heterocycles. The third-order valence-electron chi connectivity index (χ3n) is 3.34. The van der Waals surface area contributed by atoms with Crippen LogP contribution in [0.2, 0.25) is 0 Å². The second kappa shape index (κ2) is 4.77. The summed E-state index contributed by atoms with van der Waals surface area (Å²) in [6, 6.07) is 5.17. The average molecular weight is 279 g/mol. The van der Waals surface area contributed by atoms with Crippen molar-refractivity contribution in [3.05, 3.63) is 41.0 Å². The molecule has 0 atom stereocenters. The lowest BCUT2D eigenvalue weighted by Gasteiger charge is -2.07. The average Bonchev–Trinajstić information content (AvgIpc) is 2.64. The van der Waals surface area contributed by atoms with E-state index in [1.165, 1.54) is 0 Å². The Labute approximate surface area is 113 Å². The van der Waals surface area contributed by atoms with Crippen molar-refractivity contribution in [1.82, 2.24) is 14.8 Å². The zero-order chi connectivity index (χ0) is 14.2. The summed E-state index contributed by atoms with van der Waals surface area (Å²) in [7, 11) is -1.62. The minimum atomic E-state index is -3.39. The maximum atomic E-state index is 12.3. The van der Waals surface area contributed by atoms with Crippen molar-refractivity contribution in [3.63, 3.8) is 0 Å². The summed E-state index contributed by atoms with van der Waals surface area (Å²) in [5.41, 5.74) is 2.05. The van der Waals surface area contributed by atoms with Crippen LogP contribution in [0.5, 0.6) is 0 Å². The first-order valence-corrected chi connectivity index (χ1v) is 7.61. The fourth-order valence-corrected chi connectivity index (χ4v) is 3.13. The number of benzene rings is 1. The van der Waals surface area contributed by atoms with Gasteiger partial charge in [0.25, 0.3) is 0 Å². The third kappa shape index (κ3) is 2.68. The molecule has 0 N–H and O–H groups in total. The molecule has 2 aromatic rings. The number of aryl methyl sites for hydroxylation is 3. The molecule has 1 heterocycles. The summed E-state index contributed by atoms with van der Waals surface area (Å²) in [5, 5.41) is 7.77. The summed E-state index contributed by atoms with van der Waals surface area (Å²) in [5.74, 6) is 1.02. The number of hydrogen-bond donors (Lipinski definition) is 0. The van der Waals surface area contributed by atoms with Crippen molar-refractivity contribution in [2.24, 2.45) is 7.05 Å². The van der Waals surface area contributed by atoms with Crippen LogP contribution in [0.1, 0.15) is 22.8 Å². The molecule has 0 aliphatic rings. The van der Waals surface area contributed by atoms with Gasteiger partial charge in [0.15, 0.2) is 9.84 Å². The molecule has 1 aromatic heterocycles. The highest BCUT2D eigenvalue weighted by molar-refractivity contribution is 7.90. The molecule has 0 spiro atoms. The molecule has 0 aliphatic carbocycles. The predicted molar refractivity (Wildman–Crippen MR) is 72.5 cm³/mol. The maximum Gasteiger partial charge on any atom is 0.185 e. The largest absolute Gasteiger partial charge is 0.317 e. The zero-order valence-corrected chi connectivity index (χ0v) is 12.3. The quantitative estimate of drug-likeness (QED) is 0.858. The summed E-state index contributed by atoms with van der Waals surface area (Å²) in [6.45, 7) is 5.65. The van der Waals surface area contributed by atoms with Crippen molar-refractivity contribution in [3.8, 4) is 0 Å². The van der Waals surface area contributed by atoms with Crippen molar-refractivity contribution in [2.45, 2.75) is 31.4 Å². The van der Waals surface area contributed by atoms with Gasteiger partial charge in [-0.1, -0.05) is 6.07 Å². The van der Waals surface area contributed by atoms with E-state index in [1.807, 2.05) is 19.9 Å². The lowest BCUT2D eigenvalue weighted by atomic mass is 10.1. The molecule has 19 heavy (non-hydrogen) atoms. The topological polar surface area (TPSA) is 64.8 Å².